The SMILES string of the molecule is COc1c(C)cnc(CSc2nc3c(ccc4ncccc43)[nH]2)c1C. The van der Waals surface area contributed by atoms with Gasteiger partial charge in [-0.05, 0) is 38.1 Å². The Bertz CT molecular complexity index is 1070. The van der Waals surface area contributed by atoms with Gasteiger partial charge in [0.1, 0.15) is 5.75 Å². The topological polar surface area (TPSA) is 63.7 Å². The molecule has 0 saturated heterocycles. The molecule has 3 aromatic heterocycles. The zero-order chi connectivity index (χ0) is 17.4. The van der Waals surface area contributed by atoms with Gasteiger partial charge in [0.2, 0.25) is 0 Å². The number of methoxy groups -OCH3 is 1. The first-order valence-electron chi connectivity index (χ1n) is 8.02. The number of benzene rings is 1. The van der Waals surface area contributed by atoms with E-state index < -0.39 is 0 Å². The number of hydrogen-bond donors (Lipinski definition) is 1. The van der Waals surface area contributed by atoms with Crippen LogP contribution in [0.25, 0.3) is 21.9 Å². The van der Waals surface area contributed by atoms with Gasteiger partial charge in [-0.25, -0.2) is 4.98 Å². The third-order valence-corrected chi connectivity index (χ3v) is 5.19. The first-order chi connectivity index (χ1) is 12.2. The van der Waals surface area contributed by atoms with E-state index in [4.69, 9.17) is 9.72 Å². The number of aromatic amines is 1. The number of hydrogen-bond acceptors (Lipinski definition) is 5. The minimum absolute atomic E-state index is 0.735. The predicted octanol–water partition coefficient (Wildman–Crippen LogP) is 4.42. The number of imidazole rings is 1. The molecular weight excluding hydrogens is 332 g/mol. The third kappa shape index (κ3) is 2.82. The number of nitrogens with zero attached hydrogens (tertiary/aromatic N) is 3. The fraction of sp³-hybridized carbons (Fsp3) is 0.211. The van der Waals surface area contributed by atoms with Crippen LogP contribution in [-0.4, -0.2) is 27.0 Å². The van der Waals surface area contributed by atoms with Gasteiger partial charge in [0.05, 0.1) is 29.4 Å². The maximum Gasteiger partial charge on any atom is 0.166 e. The van der Waals surface area contributed by atoms with Crippen LogP contribution in [0.2, 0.25) is 0 Å². The van der Waals surface area contributed by atoms with Crippen molar-refractivity contribution in [3.63, 3.8) is 0 Å². The fourth-order valence-corrected chi connectivity index (χ4v) is 3.93. The van der Waals surface area contributed by atoms with Gasteiger partial charge < -0.3 is 9.72 Å². The third-order valence-electron chi connectivity index (χ3n) is 4.31. The van der Waals surface area contributed by atoms with Crippen molar-refractivity contribution < 1.29 is 4.74 Å². The molecule has 0 fully saturated rings. The molecule has 4 rings (SSSR count). The molecule has 0 aliphatic rings. The number of fused-ring (bicyclic) bond motifs is 3. The summed E-state index contributed by atoms with van der Waals surface area (Å²) in [6, 6.07) is 8.03. The van der Waals surface area contributed by atoms with Crippen molar-refractivity contribution >= 4 is 33.7 Å². The molecule has 0 radical (unpaired) electrons. The molecule has 0 amide bonds. The summed E-state index contributed by atoms with van der Waals surface area (Å²) in [4.78, 5) is 17.1. The molecule has 1 aromatic carbocycles. The lowest BCUT2D eigenvalue weighted by Gasteiger charge is -2.11. The molecule has 0 spiro atoms. The molecule has 0 atom stereocenters. The predicted molar refractivity (Wildman–Crippen MR) is 101 cm³/mol. The van der Waals surface area contributed by atoms with Gasteiger partial charge in [-0.2, -0.15) is 0 Å². The number of aryl methyl sites for hydroxylation is 1. The molecule has 0 bridgehead atoms. The highest BCUT2D eigenvalue weighted by Crippen LogP contribution is 2.30. The minimum atomic E-state index is 0.735. The van der Waals surface area contributed by atoms with Gasteiger partial charge in [0.15, 0.2) is 5.16 Å². The second-order valence-corrected chi connectivity index (χ2v) is 6.87. The van der Waals surface area contributed by atoms with Crippen molar-refractivity contribution in [1.82, 2.24) is 19.9 Å². The van der Waals surface area contributed by atoms with E-state index >= 15 is 0 Å². The highest BCUT2D eigenvalue weighted by molar-refractivity contribution is 7.98. The lowest BCUT2D eigenvalue weighted by molar-refractivity contribution is 0.407. The molecule has 1 N–H and O–H groups in total. The Kier molecular flexibility index (Phi) is 4.05. The maximum atomic E-state index is 5.49. The molecule has 3 heterocycles. The van der Waals surface area contributed by atoms with Gasteiger partial charge in [-0.3, -0.25) is 9.97 Å². The van der Waals surface area contributed by atoms with Crippen molar-refractivity contribution in [3.8, 4) is 5.75 Å². The van der Waals surface area contributed by atoms with Crippen LogP contribution in [0.1, 0.15) is 16.8 Å². The molecule has 126 valence electrons. The molecule has 0 unspecified atom stereocenters. The molecule has 4 aromatic rings. The Morgan fingerprint density at radius 3 is 2.88 bits per heavy atom. The molecular formula is C19H18N4OS. The smallest absolute Gasteiger partial charge is 0.166 e. The quantitative estimate of drug-likeness (QED) is 0.552. The average Bonchev–Trinajstić information content (AvgIpc) is 3.05. The van der Waals surface area contributed by atoms with Crippen LogP contribution in [0, 0.1) is 13.8 Å². The summed E-state index contributed by atoms with van der Waals surface area (Å²) < 4.78 is 5.49. The van der Waals surface area contributed by atoms with Gasteiger partial charge in [-0.1, -0.05) is 11.8 Å². The number of pyridine rings is 2. The summed E-state index contributed by atoms with van der Waals surface area (Å²) >= 11 is 1.64. The van der Waals surface area contributed by atoms with Crippen LogP contribution in [0.5, 0.6) is 5.75 Å². The van der Waals surface area contributed by atoms with Crippen LogP contribution < -0.4 is 4.74 Å². The number of rotatable bonds is 4. The summed E-state index contributed by atoms with van der Waals surface area (Å²) in [6.45, 7) is 4.06. The van der Waals surface area contributed by atoms with Crippen molar-refractivity contribution in [3.05, 3.63) is 53.5 Å². The zero-order valence-corrected chi connectivity index (χ0v) is 15.1. The van der Waals surface area contributed by atoms with Gasteiger partial charge in [0.25, 0.3) is 0 Å². The van der Waals surface area contributed by atoms with E-state index in [0.29, 0.717) is 0 Å². The molecule has 5 nitrogen and oxygen atoms in total. The van der Waals surface area contributed by atoms with Crippen molar-refractivity contribution in [2.24, 2.45) is 0 Å². The Morgan fingerprint density at radius 1 is 1.16 bits per heavy atom. The Morgan fingerprint density at radius 2 is 2.04 bits per heavy atom. The van der Waals surface area contributed by atoms with E-state index in [0.717, 1.165) is 55.4 Å². The molecule has 0 saturated carbocycles. The first kappa shape index (κ1) is 15.9. The molecule has 0 aliphatic heterocycles. The van der Waals surface area contributed by atoms with Gasteiger partial charge in [0, 0.05) is 34.7 Å². The Hall–Kier alpha value is -2.60. The van der Waals surface area contributed by atoms with E-state index in [9.17, 15) is 0 Å². The zero-order valence-electron chi connectivity index (χ0n) is 14.3. The maximum absolute atomic E-state index is 5.49. The van der Waals surface area contributed by atoms with Crippen molar-refractivity contribution in [2.45, 2.75) is 24.8 Å². The Balaban J connectivity index is 1.65. The van der Waals surface area contributed by atoms with E-state index in [1.165, 1.54) is 0 Å². The van der Waals surface area contributed by atoms with Crippen LogP contribution in [0.3, 0.4) is 0 Å². The number of ether oxygens (including phenoxy) is 1. The largest absolute Gasteiger partial charge is 0.496 e. The minimum Gasteiger partial charge on any atom is -0.496 e. The lowest BCUT2D eigenvalue weighted by Crippen LogP contribution is -1.98. The van der Waals surface area contributed by atoms with E-state index in [1.807, 2.05) is 38.2 Å². The fourth-order valence-electron chi connectivity index (χ4n) is 3.02. The summed E-state index contributed by atoms with van der Waals surface area (Å²) in [5.74, 6) is 1.64. The number of H-pyrrole nitrogens is 1. The monoisotopic (exact) mass is 350 g/mol. The highest BCUT2D eigenvalue weighted by Gasteiger charge is 2.12. The van der Waals surface area contributed by atoms with E-state index in [-0.39, 0.29) is 0 Å². The summed E-state index contributed by atoms with van der Waals surface area (Å²) in [5.41, 5.74) is 6.09. The van der Waals surface area contributed by atoms with Crippen molar-refractivity contribution in [1.29, 1.82) is 0 Å². The van der Waals surface area contributed by atoms with Gasteiger partial charge in [-0.15, -0.1) is 0 Å². The van der Waals surface area contributed by atoms with Crippen LogP contribution in [-0.2, 0) is 5.75 Å². The van der Waals surface area contributed by atoms with E-state index in [1.54, 1.807) is 25.1 Å². The highest BCUT2D eigenvalue weighted by atomic mass is 32.2. The molecule has 6 heteroatoms. The summed E-state index contributed by atoms with van der Waals surface area (Å²) in [5, 5.41) is 1.95. The first-order valence-corrected chi connectivity index (χ1v) is 9.01. The molecule has 0 aliphatic carbocycles. The average molecular weight is 350 g/mol. The Labute approximate surface area is 149 Å². The number of thioether (sulfide) groups is 1. The standard InChI is InChI=1S/C19H18N4OS/c1-11-9-21-16(12(2)18(11)24-3)10-25-19-22-15-7-6-14-13(17(15)23-19)5-4-8-20-14/h4-9H,10H2,1-3H3,(H,22,23). The normalized spacial score (nSPS) is 11.3. The van der Waals surface area contributed by atoms with Gasteiger partial charge >= 0.3 is 0 Å². The summed E-state index contributed by atoms with van der Waals surface area (Å²) in [7, 11) is 1.70. The van der Waals surface area contributed by atoms with Crippen LogP contribution in [0.4, 0.5) is 0 Å². The van der Waals surface area contributed by atoms with Crippen molar-refractivity contribution in [2.75, 3.05) is 7.11 Å². The van der Waals surface area contributed by atoms with Crippen LogP contribution in [0.15, 0.2) is 41.8 Å². The lowest BCUT2D eigenvalue weighted by atomic mass is 10.1. The van der Waals surface area contributed by atoms with Crippen LogP contribution >= 0.6 is 11.8 Å². The van der Waals surface area contributed by atoms with E-state index in [2.05, 4.69) is 21.0 Å². The molecule has 25 heavy (non-hydrogen) atoms. The number of nitrogens with one attached hydrogen (secondary N) is 1. The second-order valence-electron chi connectivity index (χ2n) is 5.91. The second kappa shape index (κ2) is 6.37. The summed E-state index contributed by atoms with van der Waals surface area (Å²) in [6.07, 6.45) is 3.66. The number of aromatic nitrogens is 4.